The van der Waals surface area contributed by atoms with Crippen LogP contribution in [0, 0.1) is 13.8 Å². The molecule has 0 fully saturated rings. The van der Waals surface area contributed by atoms with Crippen molar-refractivity contribution in [2.24, 2.45) is 0 Å². The van der Waals surface area contributed by atoms with Gasteiger partial charge in [-0.25, -0.2) is 0 Å². The van der Waals surface area contributed by atoms with E-state index >= 15 is 0 Å². The molecule has 0 radical (unpaired) electrons. The molecule has 0 spiro atoms. The minimum absolute atomic E-state index is 0.127. The first-order valence-electron chi connectivity index (χ1n) is 7.80. The Labute approximate surface area is 145 Å². The highest BCUT2D eigenvalue weighted by molar-refractivity contribution is 6.34. The Morgan fingerprint density at radius 2 is 2.04 bits per heavy atom. The van der Waals surface area contributed by atoms with Crippen molar-refractivity contribution in [3.05, 3.63) is 57.6 Å². The summed E-state index contributed by atoms with van der Waals surface area (Å²) >= 11 is 6.20. The van der Waals surface area contributed by atoms with Crippen molar-refractivity contribution in [2.75, 3.05) is 11.9 Å². The van der Waals surface area contributed by atoms with Gasteiger partial charge in [0.25, 0.3) is 5.91 Å². The fraction of sp³-hybridized carbons (Fsp3) is 0.263. The zero-order chi connectivity index (χ0) is 17.3. The SMILES string of the molecule is Cc1cc(C)c(NC(=O)COc2cccc3c2CCC3=O)c(Cl)c1. The van der Waals surface area contributed by atoms with Gasteiger partial charge in [-0.1, -0.05) is 29.8 Å². The molecule has 1 aliphatic carbocycles. The Balaban J connectivity index is 1.68. The number of benzene rings is 2. The second kappa shape index (κ2) is 6.65. The molecule has 0 saturated carbocycles. The third-order valence-corrected chi connectivity index (χ3v) is 4.39. The molecule has 0 unspecified atom stereocenters. The van der Waals surface area contributed by atoms with Gasteiger partial charge in [0.2, 0.25) is 0 Å². The number of fused-ring (bicyclic) bond motifs is 1. The average molecular weight is 344 g/mol. The van der Waals surface area contributed by atoms with Gasteiger partial charge < -0.3 is 10.1 Å². The lowest BCUT2D eigenvalue weighted by Crippen LogP contribution is -2.21. The van der Waals surface area contributed by atoms with E-state index < -0.39 is 0 Å². The quantitative estimate of drug-likeness (QED) is 0.909. The van der Waals surface area contributed by atoms with Gasteiger partial charge >= 0.3 is 0 Å². The molecule has 2 aromatic rings. The largest absolute Gasteiger partial charge is 0.483 e. The highest BCUT2D eigenvalue weighted by atomic mass is 35.5. The molecular weight excluding hydrogens is 326 g/mol. The zero-order valence-corrected chi connectivity index (χ0v) is 14.4. The van der Waals surface area contributed by atoms with Gasteiger partial charge in [0.05, 0.1) is 10.7 Å². The van der Waals surface area contributed by atoms with Crippen LogP contribution in [0.5, 0.6) is 5.75 Å². The van der Waals surface area contributed by atoms with Crippen molar-refractivity contribution in [1.29, 1.82) is 0 Å². The molecule has 24 heavy (non-hydrogen) atoms. The van der Waals surface area contributed by atoms with Gasteiger partial charge in [-0.3, -0.25) is 9.59 Å². The molecule has 0 atom stereocenters. The number of anilines is 1. The topological polar surface area (TPSA) is 55.4 Å². The molecule has 0 aliphatic heterocycles. The highest BCUT2D eigenvalue weighted by Crippen LogP contribution is 2.31. The molecule has 124 valence electrons. The monoisotopic (exact) mass is 343 g/mol. The third-order valence-electron chi connectivity index (χ3n) is 4.09. The highest BCUT2D eigenvalue weighted by Gasteiger charge is 2.23. The maximum atomic E-state index is 12.2. The van der Waals surface area contributed by atoms with Crippen molar-refractivity contribution in [1.82, 2.24) is 0 Å². The summed E-state index contributed by atoms with van der Waals surface area (Å²) in [4.78, 5) is 23.9. The van der Waals surface area contributed by atoms with Crippen LogP contribution >= 0.6 is 11.6 Å². The van der Waals surface area contributed by atoms with E-state index in [-0.39, 0.29) is 18.3 Å². The van der Waals surface area contributed by atoms with Crippen molar-refractivity contribution >= 4 is 29.0 Å². The Morgan fingerprint density at radius 3 is 2.79 bits per heavy atom. The number of halogens is 1. The molecule has 1 N–H and O–H groups in total. The van der Waals surface area contributed by atoms with Crippen LogP contribution in [-0.4, -0.2) is 18.3 Å². The molecule has 0 heterocycles. The van der Waals surface area contributed by atoms with Crippen molar-refractivity contribution in [2.45, 2.75) is 26.7 Å². The number of hydrogen-bond acceptors (Lipinski definition) is 3. The standard InChI is InChI=1S/C19H18ClNO3/c1-11-8-12(2)19(15(20)9-11)21-18(23)10-24-17-5-3-4-13-14(17)6-7-16(13)22/h3-5,8-9H,6-7,10H2,1-2H3,(H,21,23). The van der Waals surface area contributed by atoms with Crippen LogP contribution in [0.15, 0.2) is 30.3 Å². The summed E-state index contributed by atoms with van der Waals surface area (Å²) in [7, 11) is 0. The van der Waals surface area contributed by atoms with Crippen molar-refractivity contribution in [3.8, 4) is 5.75 Å². The van der Waals surface area contributed by atoms with Crippen molar-refractivity contribution < 1.29 is 14.3 Å². The molecule has 0 saturated heterocycles. The second-order valence-corrected chi connectivity index (χ2v) is 6.39. The van der Waals surface area contributed by atoms with Gasteiger partial charge in [0, 0.05) is 17.5 Å². The summed E-state index contributed by atoms with van der Waals surface area (Å²) < 4.78 is 5.63. The van der Waals surface area contributed by atoms with E-state index in [1.807, 2.05) is 19.9 Å². The first kappa shape index (κ1) is 16.5. The number of Topliss-reactive ketones (excluding diaryl/α,β-unsaturated/α-hetero) is 1. The van der Waals surface area contributed by atoms with Crippen LogP contribution in [0.4, 0.5) is 5.69 Å². The molecular formula is C19H18ClNO3. The zero-order valence-electron chi connectivity index (χ0n) is 13.6. The maximum absolute atomic E-state index is 12.2. The summed E-state index contributed by atoms with van der Waals surface area (Å²) in [5.41, 5.74) is 4.13. The Bertz CT molecular complexity index is 806. The number of carbonyl (C=O) groups is 2. The average Bonchev–Trinajstić information content (AvgIpc) is 2.91. The number of rotatable bonds is 4. The van der Waals surface area contributed by atoms with Crippen LogP contribution in [0.3, 0.4) is 0 Å². The van der Waals surface area contributed by atoms with E-state index in [1.54, 1.807) is 24.3 Å². The van der Waals surface area contributed by atoms with E-state index in [2.05, 4.69) is 5.32 Å². The molecule has 4 nitrogen and oxygen atoms in total. The van der Waals surface area contributed by atoms with Crippen LogP contribution < -0.4 is 10.1 Å². The van der Waals surface area contributed by atoms with E-state index in [1.165, 1.54) is 0 Å². The first-order chi connectivity index (χ1) is 11.5. The van der Waals surface area contributed by atoms with Gasteiger partial charge in [-0.2, -0.15) is 0 Å². The third kappa shape index (κ3) is 3.29. The molecule has 2 aromatic carbocycles. The lowest BCUT2D eigenvalue weighted by Gasteiger charge is -2.13. The smallest absolute Gasteiger partial charge is 0.262 e. The fourth-order valence-electron chi connectivity index (χ4n) is 2.99. The fourth-order valence-corrected chi connectivity index (χ4v) is 3.35. The molecule has 1 aliphatic rings. The van der Waals surface area contributed by atoms with Crippen LogP contribution in [-0.2, 0) is 11.2 Å². The van der Waals surface area contributed by atoms with E-state index in [0.29, 0.717) is 34.9 Å². The van der Waals surface area contributed by atoms with Crippen LogP contribution in [0.25, 0.3) is 0 Å². The summed E-state index contributed by atoms with van der Waals surface area (Å²) in [6.45, 7) is 3.71. The predicted octanol–water partition coefficient (Wildman–Crippen LogP) is 4.10. The van der Waals surface area contributed by atoms with Crippen molar-refractivity contribution in [3.63, 3.8) is 0 Å². The minimum atomic E-state index is -0.286. The lowest BCUT2D eigenvalue weighted by atomic mass is 10.1. The number of carbonyl (C=O) groups excluding carboxylic acids is 2. The summed E-state index contributed by atoms with van der Waals surface area (Å²) in [5.74, 6) is 0.438. The number of ether oxygens (including phenoxy) is 1. The second-order valence-electron chi connectivity index (χ2n) is 5.98. The van der Waals surface area contributed by atoms with E-state index in [9.17, 15) is 9.59 Å². The summed E-state index contributed by atoms with van der Waals surface area (Å²) in [5, 5.41) is 3.30. The molecule has 0 aromatic heterocycles. The molecule has 1 amide bonds. The number of aryl methyl sites for hydroxylation is 2. The summed E-state index contributed by atoms with van der Waals surface area (Å²) in [6, 6.07) is 9.12. The Hall–Kier alpha value is -2.33. The van der Waals surface area contributed by atoms with Gasteiger partial charge in [-0.05, 0) is 43.5 Å². The molecule has 0 bridgehead atoms. The number of amides is 1. The molecule has 3 rings (SSSR count). The maximum Gasteiger partial charge on any atom is 0.262 e. The van der Waals surface area contributed by atoms with Gasteiger partial charge in [0.15, 0.2) is 12.4 Å². The Morgan fingerprint density at radius 1 is 1.25 bits per heavy atom. The number of nitrogens with one attached hydrogen (secondary N) is 1. The lowest BCUT2D eigenvalue weighted by molar-refractivity contribution is -0.118. The van der Waals surface area contributed by atoms with Gasteiger partial charge in [-0.15, -0.1) is 0 Å². The minimum Gasteiger partial charge on any atom is -0.483 e. The normalized spacial score (nSPS) is 12.9. The first-order valence-corrected chi connectivity index (χ1v) is 8.18. The number of hydrogen-bond donors (Lipinski definition) is 1. The van der Waals surface area contributed by atoms with Gasteiger partial charge in [0.1, 0.15) is 5.75 Å². The summed E-state index contributed by atoms with van der Waals surface area (Å²) in [6.07, 6.45) is 1.16. The van der Waals surface area contributed by atoms with E-state index in [4.69, 9.17) is 16.3 Å². The number of ketones is 1. The molecule has 5 heteroatoms. The van der Waals surface area contributed by atoms with E-state index in [0.717, 1.165) is 16.7 Å². The Kier molecular flexibility index (Phi) is 4.58. The predicted molar refractivity (Wildman–Crippen MR) is 94.1 cm³/mol. The van der Waals surface area contributed by atoms with Crippen LogP contribution in [0.1, 0.15) is 33.5 Å². The van der Waals surface area contributed by atoms with Crippen LogP contribution in [0.2, 0.25) is 5.02 Å².